The summed E-state index contributed by atoms with van der Waals surface area (Å²) < 4.78 is 0. The van der Waals surface area contributed by atoms with Crippen LogP contribution in [-0.4, -0.2) is 5.24 Å². The molecule has 2 aromatic rings. The molecule has 0 aliphatic rings. The Hall–Kier alpha value is -1.64. The van der Waals surface area contributed by atoms with Gasteiger partial charge in [0.05, 0.1) is 0 Å². The summed E-state index contributed by atoms with van der Waals surface area (Å²) in [6.07, 6.45) is 0. The highest BCUT2D eigenvalue weighted by Gasteiger charge is 2.05. The third-order valence-electron chi connectivity index (χ3n) is 2.66. The molecule has 0 fully saturated rings. The largest absolute Gasteiger partial charge is 0.326 e. The summed E-state index contributed by atoms with van der Waals surface area (Å²) in [5, 5.41) is -0.441. The van der Waals surface area contributed by atoms with Gasteiger partial charge in [-0.3, -0.25) is 4.79 Å². The molecule has 17 heavy (non-hydrogen) atoms. The molecule has 0 saturated heterocycles. The molecule has 0 aromatic heterocycles. The van der Waals surface area contributed by atoms with E-state index >= 15 is 0 Å². The lowest BCUT2D eigenvalue weighted by atomic mass is 9.99. The van der Waals surface area contributed by atoms with E-state index in [1.807, 2.05) is 36.4 Å². The number of benzene rings is 2. The van der Waals surface area contributed by atoms with Crippen molar-refractivity contribution in [3.05, 3.63) is 59.7 Å². The van der Waals surface area contributed by atoms with Crippen molar-refractivity contribution >= 4 is 16.8 Å². The third-order valence-corrected chi connectivity index (χ3v) is 2.88. The van der Waals surface area contributed by atoms with Crippen molar-refractivity contribution in [1.29, 1.82) is 0 Å². The highest BCUT2D eigenvalue weighted by atomic mass is 35.5. The van der Waals surface area contributed by atoms with Crippen LogP contribution >= 0.6 is 11.6 Å². The van der Waals surface area contributed by atoms with Gasteiger partial charge in [-0.2, -0.15) is 0 Å². The van der Waals surface area contributed by atoms with Crippen LogP contribution in [0.1, 0.15) is 15.9 Å². The van der Waals surface area contributed by atoms with E-state index in [1.165, 1.54) is 0 Å². The molecule has 0 heterocycles. The zero-order chi connectivity index (χ0) is 12.3. The van der Waals surface area contributed by atoms with E-state index in [-0.39, 0.29) is 0 Å². The zero-order valence-electron chi connectivity index (χ0n) is 9.19. The Balaban J connectivity index is 2.43. The normalized spacial score (nSPS) is 10.2. The van der Waals surface area contributed by atoms with Crippen LogP contribution in [0.4, 0.5) is 0 Å². The van der Waals surface area contributed by atoms with Crippen molar-refractivity contribution in [1.82, 2.24) is 0 Å². The fraction of sp³-hybridized carbons (Fsp3) is 0.0714. The molecule has 0 aliphatic carbocycles. The molecule has 2 aromatic carbocycles. The molecule has 0 atom stereocenters. The highest BCUT2D eigenvalue weighted by Crippen LogP contribution is 2.24. The molecule has 0 bridgehead atoms. The Labute approximate surface area is 105 Å². The standard InChI is InChI=1S/C14H12ClNO/c15-14(17)11-7-5-10(6-8-11)13-4-2-1-3-12(13)9-16/h1-8H,9,16H2. The van der Waals surface area contributed by atoms with E-state index in [2.05, 4.69) is 0 Å². The van der Waals surface area contributed by atoms with Crippen molar-refractivity contribution in [2.45, 2.75) is 6.54 Å². The van der Waals surface area contributed by atoms with Crippen molar-refractivity contribution in [2.75, 3.05) is 0 Å². The van der Waals surface area contributed by atoms with Gasteiger partial charge in [-0.25, -0.2) is 0 Å². The molecule has 2 nitrogen and oxygen atoms in total. The molecule has 86 valence electrons. The summed E-state index contributed by atoms with van der Waals surface area (Å²) in [5.74, 6) is 0. The van der Waals surface area contributed by atoms with Gasteiger partial charge in [-0.05, 0) is 40.4 Å². The van der Waals surface area contributed by atoms with Gasteiger partial charge >= 0.3 is 0 Å². The summed E-state index contributed by atoms with van der Waals surface area (Å²) in [6.45, 7) is 0.492. The average Bonchev–Trinajstić information content (AvgIpc) is 2.39. The van der Waals surface area contributed by atoms with Gasteiger partial charge in [0.25, 0.3) is 5.24 Å². The number of hydrogen-bond donors (Lipinski definition) is 1. The average molecular weight is 246 g/mol. The Bertz CT molecular complexity index is 534. The highest BCUT2D eigenvalue weighted by molar-refractivity contribution is 6.67. The minimum absolute atomic E-state index is 0.441. The van der Waals surface area contributed by atoms with E-state index in [4.69, 9.17) is 17.3 Å². The van der Waals surface area contributed by atoms with Crippen molar-refractivity contribution < 1.29 is 4.79 Å². The lowest BCUT2D eigenvalue weighted by Gasteiger charge is -2.07. The lowest BCUT2D eigenvalue weighted by molar-refractivity contribution is 0.108. The van der Waals surface area contributed by atoms with Gasteiger partial charge in [-0.1, -0.05) is 36.4 Å². The number of nitrogens with two attached hydrogens (primary N) is 1. The van der Waals surface area contributed by atoms with Crippen molar-refractivity contribution in [3.63, 3.8) is 0 Å². The van der Waals surface area contributed by atoms with Crippen molar-refractivity contribution in [2.24, 2.45) is 5.73 Å². The molecule has 0 radical (unpaired) electrons. The third kappa shape index (κ3) is 2.54. The first-order valence-corrected chi connectivity index (χ1v) is 5.68. The van der Waals surface area contributed by atoms with Crippen LogP contribution in [-0.2, 0) is 6.54 Å². The molecule has 0 saturated carbocycles. The summed E-state index contributed by atoms with van der Waals surface area (Å²) >= 11 is 5.40. The van der Waals surface area contributed by atoms with E-state index in [0.29, 0.717) is 12.1 Å². The number of carbonyl (C=O) groups is 1. The van der Waals surface area contributed by atoms with Crippen LogP contribution in [0.2, 0.25) is 0 Å². The van der Waals surface area contributed by atoms with E-state index in [1.54, 1.807) is 12.1 Å². The van der Waals surface area contributed by atoms with Crippen LogP contribution in [0.5, 0.6) is 0 Å². The molecule has 2 rings (SSSR count). The number of rotatable bonds is 3. The van der Waals surface area contributed by atoms with Crippen LogP contribution in [0.25, 0.3) is 11.1 Å². The molecular weight excluding hydrogens is 234 g/mol. The Morgan fingerprint density at radius 1 is 1.06 bits per heavy atom. The second-order valence-electron chi connectivity index (χ2n) is 3.71. The van der Waals surface area contributed by atoms with Gasteiger partial charge < -0.3 is 5.73 Å². The van der Waals surface area contributed by atoms with E-state index in [9.17, 15) is 4.79 Å². The molecule has 0 amide bonds. The summed E-state index contributed by atoms with van der Waals surface area (Å²) in [4.78, 5) is 11.0. The zero-order valence-corrected chi connectivity index (χ0v) is 9.95. The monoisotopic (exact) mass is 245 g/mol. The fourth-order valence-corrected chi connectivity index (χ4v) is 1.89. The predicted octanol–water partition coefficient (Wildman–Crippen LogP) is 3.19. The van der Waals surface area contributed by atoms with Crippen LogP contribution in [0.3, 0.4) is 0 Å². The van der Waals surface area contributed by atoms with Crippen LogP contribution < -0.4 is 5.73 Å². The predicted molar refractivity (Wildman–Crippen MR) is 70.0 cm³/mol. The second kappa shape index (κ2) is 5.13. The summed E-state index contributed by atoms with van der Waals surface area (Å²) in [6, 6.07) is 15.1. The quantitative estimate of drug-likeness (QED) is 0.844. The van der Waals surface area contributed by atoms with E-state index < -0.39 is 5.24 Å². The maximum atomic E-state index is 11.0. The molecule has 0 unspecified atom stereocenters. The van der Waals surface area contributed by atoms with E-state index in [0.717, 1.165) is 16.7 Å². The molecule has 0 aliphatic heterocycles. The fourth-order valence-electron chi connectivity index (χ4n) is 1.76. The smallest absolute Gasteiger partial charge is 0.252 e. The lowest BCUT2D eigenvalue weighted by Crippen LogP contribution is -1.98. The topological polar surface area (TPSA) is 43.1 Å². The van der Waals surface area contributed by atoms with Crippen LogP contribution in [0.15, 0.2) is 48.5 Å². The summed E-state index contributed by atoms with van der Waals surface area (Å²) in [7, 11) is 0. The van der Waals surface area contributed by atoms with Gasteiger partial charge in [0, 0.05) is 12.1 Å². The van der Waals surface area contributed by atoms with Gasteiger partial charge in [-0.15, -0.1) is 0 Å². The maximum absolute atomic E-state index is 11.0. The first kappa shape index (κ1) is 11.8. The Morgan fingerprint density at radius 3 is 2.29 bits per heavy atom. The molecule has 0 spiro atoms. The first-order valence-electron chi connectivity index (χ1n) is 5.30. The summed E-state index contributed by atoms with van der Waals surface area (Å²) in [5.41, 5.74) is 9.39. The molecular formula is C14H12ClNO. The minimum Gasteiger partial charge on any atom is -0.326 e. The molecule has 3 heteroatoms. The first-order chi connectivity index (χ1) is 8.22. The Kier molecular flexibility index (Phi) is 3.57. The number of hydrogen-bond acceptors (Lipinski definition) is 2. The number of halogens is 1. The molecule has 2 N–H and O–H groups in total. The Morgan fingerprint density at radius 2 is 1.71 bits per heavy atom. The number of carbonyl (C=O) groups excluding carboxylic acids is 1. The van der Waals surface area contributed by atoms with Gasteiger partial charge in [0.2, 0.25) is 0 Å². The van der Waals surface area contributed by atoms with Crippen LogP contribution in [0, 0.1) is 0 Å². The van der Waals surface area contributed by atoms with Gasteiger partial charge in [0.1, 0.15) is 0 Å². The van der Waals surface area contributed by atoms with Gasteiger partial charge in [0.15, 0.2) is 0 Å². The second-order valence-corrected chi connectivity index (χ2v) is 4.06. The minimum atomic E-state index is -0.441. The SMILES string of the molecule is NCc1ccccc1-c1ccc(C(=O)Cl)cc1. The van der Waals surface area contributed by atoms with Crippen molar-refractivity contribution in [3.8, 4) is 11.1 Å². The maximum Gasteiger partial charge on any atom is 0.252 e.